The van der Waals surface area contributed by atoms with E-state index in [4.69, 9.17) is 11.6 Å². The highest BCUT2D eigenvalue weighted by Gasteiger charge is 2.29. The molecule has 1 heterocycles. The first-order valence-corrected chi connectivity index (χ1v) is 7.41. The Hall–Kier alpha value is -2.33. The lowest BCUT2D eigenvalue weighted by atomic mass is 10.2. The molecule has 0 spiro atoms. The van der Waals surface area contributed by atoms with Crippen LogP contribution in [-0.4, -0.2) is 18.4 Å². The normalized spacial score (nSPS) is 12.9. The monoisotopic (exact) mass is 314 g/mol. The minimum Gasteiger partial charge on any atom is -0.317 e. The van der Waals surface area contributed by atoms with Crippen LogP contribution in [0.25, 0.3) is 0 Å². The summed E-state index contributed by atoms with van der Waals surface area (Å²) in [4.78, 5) is 26.1. The highest BCUT2D eigenvalue weighted by molar-refractivity contribution is 6.44. The zero-order chi connectivity index (χ0) is 15.7. The van der Waals surface area contributed by atoms with Crippen molar-refractivity contribution >= 4 is 34.8 Å². The number of carbonyl (C=O) groups excluding carboxylic acids is 2. The summed E-state index contributed by atoms with van der Waals surface area (Å²) in [5.41, 5.74) is 3.19. The largest absolute Gasteiger partial charge is 0.317 e. The molecule has 0 unspecified atom stereocenters. The van der Waals surface area contributed by atoms with Crippen LogP contribution in [0.15, 0.2) is 42.5 Å². The predicted molar refractivity (Wildman–Crippen MR) is 87.3 cm³/mol. The van der Waals surface area contributed by atoms with Gasteiger partial charge in [0.2, 0.25) is 0 Å². The van der Waals surface area contributed by atoms with Crippen molar-refractivity contribution in [3.8, 4) is 0 Å². The van der Waals surface area contributed by atoms with Crippen molar-refractivity contribution < 1.29 is 9.59 Å². The van der Waals surface area contributed by atoms with Gasteiger partial charge in [-0.2, -0.15) is 0 Å². The summed E-state index contributed by atoms with van der Waals surface area (Å²) >= 11 is 6.02. The van der Waals surface area contributed by atoms with E-state index in [1.807, 2.05) is 24.3 Å². The molecule has 5 heteroatoms. The Bertz CT molecular complexity index is 758. The van der Waals surface area contributed by atoms with Crippen molar-refractivity contribution in [1.82, 2.24) is 0 Å². The molecule has 0 atom stereocenters. The minimum absolute atomic E-state index is 0.528. The maximum atomic E-state index is 12.4. The Kier molecular flexibility index (Phi) is 3.86. The molecule has 0 fully saturated rings. The average molecular weight is 315 g/mol. The third-order valence-corrected chi connectivity index (χ3v) is 4.25. The second-order valence-corrected chi connectivity index (χ2v) is 5.61. The molecule has 0 aromatic heterocycles. The maximum Gasteiger partial charge on any atom is 0.316 e. The lowest BCUT2D eigenvalue weighted by Crippen LogP contribution is -2.38. The standard InChI is InChI=1S/C17H15ClN2O2/c1-11-13(18)6-4-7-14(11)19-16(21)17(22)20-10-9-12-5-2-3-8-15(12)20/h2-8H,9-10H2,1H3,(H,19,21). The maximum absolute atomic E-state index is 12.4. The number of halogens is 1. The highest BCUT2D eigenvalue weighted by atomic mass is 35.5. The van der Waals surface area contributed by atoms with Gasteiger partial charge in [0.25, 0.3) is 0 Å². The number of rotatable bonds is 1. The second-order valence-electron chi connectivity index (χ2n) is 5.20. The van der Waals surface area contributed by atoms with Gasteiger partial charge in [-0.15, -0.1) is 0 Å². The van der Waals surface area contributed by atoms with Gasteiger partial charge in [0.1, 0.15) is 0 Å². The number of nitrogens with zero attached hydrogens (tertiary/aromatic N) is 1. The van der Waals surface area contributed by atoms with E-state index in [9.17, 15) is 9.59 Å². The van der Waals surface area contributed by atoms with Crippen molar-refractivity contribution in [3.63, 3.8) is 0 Å². The number of amides is 2. The zero-order valence-corrected chi connectivity index (χ0v) is 12.9. The van der Waals surface area contributed by atoms with Gasteiger partial charge in [0.05, 0.1) is 0 Å². The average Bonchev–Trinajstić information content (AvgIpc) is 2.95. The fourth-order valence-corrected chi connectivity index (χ4v) is 2.76. The zero-order valence-electron chi connectivity index (χ0n) is 12.1. The van der Waals surface area contributed by atoms with Crippen LogP contribution in [0.5, 0.6) is 0 Å². The van der Waals surface area contributed by atoms with Crippen molar-refractivity contribution in [2.45, 2.75) is 13.3 Å². The second kappa shape index (κ2) is 5.81. The first kappa shape index (κ1) is 14.6. The topological polar surface area (TPSA) is 49.4 Å². The molecule has 0 radical (unpaired) electrons. The van der Waals surface area contributed by atoms with Crippen molar-refractivity contribution in [2.75, 3.05) is 16.8 Å². The summed E-state index contributed by atoms with van der Waals surface area (Å²) in [6, 6.07) is 12.8. The first-order valence-electron chi connectivity index (χ1n) is 7.04. The number of para-hydroxylation sites is 1. The quantitative estimate of drug-likeness (QED) is 0.822. The molecule has 3 rings (SSSR count). The van der Waals surface area contributed by atoms with E-state index in [1.165, 1.54) is 4.90 Å². The number of hydrogen-bond donors (Lipinski definition) is 1. The molecular weight excluding hydrogens is 300 g/mol. The Morgan fingerprint density at radius 1 is 1.14 bits per heavy atom. The fourth-order valence-electron chi connectivity index (χ4n) is 2.59. The molecule has 0 saturated carbocycles. The van der Waals surface area contributed by atoms with Gasteiger partial charge in [-0.05, 0) is 42.7 Å². The highest BCUT2D eigenvalue weighted by Crippen LogP contribution is 2.28. The lowest BCUT2D eigenvalue weighted by molar-refractivity contribution is -0.134. The van der Waals surface area contributed by atoms with Crippen LogP contribution in [0.3, 0.4) is 0 Å². The molecular formula is C17H15ClN2O2. The van der Waals surface area contributed by atoms with Crippen LogP contribution in [-0.2, 0) is 16.0 Å². The SMILES string of the molecule is Cc1c(Cl)cccc1NC(=O)C(=O)N1CCc2ccccc21. The number of fused-ring (bicyclic) bond motifs is 1. The summed E-state index contributed by atoms with van der Waals surface area (Å²) in [5.74, 6) is -1.20. The molecule has 22 heavy (non-hydrogen) atoms. The van der Waals surface area contributed by atoms with Crippen molar-refractivity contribution in [3.05, 3.63) is 58.6 Å². The van der Waals surface area contributed by atoms with Crippen LogP contribution >= 0.6 is 11.6 Å². The number of anilines is 2. The van der Waals surface area contributed by atoms with Gasteiger partial charge in [0.15, 0.2) is 0 Å². The van der Waals surface area contributed by atoms with Crippen molar-refractivity contribution in [1.29, 1.82) is 0 Å². The van der Waals surface area contributed by atoms with Gasteiger partial charge in [-0.25, -0.2) is 0 Å². The molecule has 1 aliphatic heterocycles. The number of nitrogens with one attached hydrogen (secondary N) is 1. The van der Waals surface area contributed by atoms with E-state index in [0.717, 1.165) is 23.2 Å². The van der Waals surface area contributed by atoms with E-state index >= 15 is 0 Å². The third kappa shape index (κ3) is 2.57. The molecule has 112 valence electrons. The van der Waals surface area contributed by atoms with Gasteiger partial charge < -0.3 is 10.2 Å². The summed E-state index contributed by atoms with van der Waals surface area (Å²) in [6.45, 7) is 2.33. The number of benzene rings is 2. The van der Waals surface area contributed by atoms with Gasteiger partial charge in [-0.3, -0.25) is 9.59 Å². The molecule has 0 bridgehead atoms. The Balaban J connectivity index is 1.79. The van der Waals surface area contributed by atoms with Crippen LogP contribution in [0, 0.1) is 6.92 Å². The fraction of sp³-hybridized carbons (Fsp3) is 0.176. The van der Waals surface area contributed by atoms with Gasteiger partial charge in [0, 0.05) is 22.9 Å². The molecule has 2 amide bonds. The van der Waals surface area contributed by atoms with E-state index in [2.05, 4.69) is 5.32 Å². The number of carbonyl (C=O) groups is 2. The van der Waals surface area contributed by atoms with Gasteiger partial charge >= 0.3 is 11.8 Å². The summed E-state index contributed by atoms with van der Waals surface area (Å²) in [6.07, 6.45) is 0.769. The molecule has 0 saturated heterocycles. The first-order chi connectivity index (χ1) is 10.6. The van der Waals surface area contributed by atoms with E-state index in [-0.39, 0.29) is 0 Å². The van der Waals surface area contributed by atoms with Crippen molar-refractivity contribution in [2.24, 2.45) is 0 Å². The van der Waals surface area contributed by atoms with Gasteiger partial charge in [-0.1, -0.05) is 35.9 Å². The third-order valence-electron chi connectivity index (χ3n) is 3.84. The van der Waals surface area contributed by atoms with Crippen LogP contribution in [0.1, 0.15) is 11.1 Å². The summed E-state index contributed by atoms with van der Waals surface area (Å²) < 4.78 is 0. The Morgan fingerprint density at radius 3 is 2.73 bits per heavy atom. The van der Waals surface area contributed by atoms with E-state index in [1.54, 1.807) is 25.1 Å². The smallest absolute Gasteiger partial charge is 0.316 e. The molecule has 1 N–H and O–H groups in total. The van der Waals surface area contributed by atoms with E-state index < -0.39 is 11.8 Å². The Morgan fingerprint density at radius 2 is 1.91 bits per heavy atom. The van der Waals surface area contributed by atoms with Crippen LogP contribution < -0.4 is 10.2 Å². The lowest BCUT2D eigenvalue weighted by Gasteiger charge is -2.17. The molecule has 2 aromatic rings. The molecule has 2 aromatic carbocycles. The predicted octanol–water partition coefficient (Wildman–Crippen LogP) is 3.18. The molecule has 0 aliphatic carbocycles. The summed E-state index contributed by atoms with van der Waals surface area (Å²) in [7, 11) is 0. The Labute approximate surface area is 133 Å². The summed E-state index contributed by atoms with van der Waals surface area (Å²) in [5, 5.41) is 3.20. The van der Waals surface area contributed by atoms with E-state index in [0.29, 0.717) is 17.3 Å². The molecule has 1 aliphatic rings. The van der Waals surface area contributed by atoms with Crippen LogP contribution in [0.4, 0.5) is 11.4 Å². The van der Waals surface area contributed by atoms with Crippen LogP contribution in [0.2, 0.25) is 5.02 Å². The number of hydrogen-bond acceptors (Lipinski definition) is 2. The molecule has 4 nitrogen and oxygen atoms in total. The minimum atomic E-state index is -0.651.